The van der Waals surface area contributed by atoms with Gasteiger partial charge in [-0.3, -0.25) is 4.79 Å². The summed E-state index contributed by atoms with van der Waals surface area (Å²) >= 11 is 1.79. The van der Waals surface area contributed by atoms with Gasteiger partial charge >= 0.3 is 0 Å². The molecular weight excluding hydrogens is 312 g/mol. The topological polar surface area (TPSA) is 17.1 Å². The lowest BCUT2D eigenvalue weighted by molar-refractivity contribution is -0.130. The Morgan fingerprint density at radius 3 is 2.29 bits per heavy atom. The molecule has 0 amide bonds. The number of rotatable bonds is 5. The highest BCUT2D eigenvalue weighted by atomic mass is 32.2. The highest BCUT2D eigenvalue weighted by molar-refractivity contribution is 8.00. The summed E-state index contributed by atoms with van der Waals surface area (Å²) in [6.45, 7) is 8.74. The number of thioether (sulfide) groups is 1. The normalized spacial score (nSPS) is 23.2. The van der Waals surface area contributed by atoms with Crippen molar-refractivity contribution in [2.45, 2.75) is 57.1 Å². The molecule has 1 nitrogen and oxygen atoms in total. The third-order valence-electron chi connectivity index (χ3n) is 5.17. The first-order valence-electron chi connectivity index (χ1n) is 8.70. The smallest absolute Gasteiger partial charge is 0.147 e. The molecule has 1 aliphatic rings. The second-order valence-corrected chi connectivity index (χ2v) is 8.62. The van der Waals surface area contributed by atoms with Crippen LogP contribution in [0.2, 0.25) is 0 Å². The van der Waals surface area contributed by atoms with Crippen LogP contribution >= 0.6 is 11.8 Å². The average molecular weight is 339 g/mol. The van der Waals surface area contributed by atoms with Crippen LogP contribution < -0.4 is 0 Å². The zero-order valence-electron chi connectivity index (χ0n) is 15.1. The molecule has 24 heavy (non-hydrogen) atoms. The van der Waals surface area contributed by atoms with E-state index < -0.39 is 0 Å². The van der Waals surface area contributed by atoms with Gasteiger partial charge in [-0.05, 0) is 55.7 Å². The lowest BCUT2D eigenvalue weighted by Gasteiger charge is -2.45. The number of hydrogen-bond acceptors (Lipinski definition) is 2. The van der Waals surface area contributed by atoms with Gasteiger partial charge in [0.2, 0.25) is 0 Å². The van der Waals surface area contributed by atoms with Crippen molar-refractivity contribution in [3.05, 3.63) is 64.7 Å². The van der Waals surface area contributed by atoms with Gasteiger partial charge in [-0.2, -0.15) is 0 Å². The Morgan fingerprint density at radius 1 is 1.08 bits per heavy atom. The van der Waals surface area contributed by atoms with Crippen molar-refractivity contribution in [3.63, 3.8) is 0 Å². The van der Waals surface area contributed by atoms with Gasteiger partial charge in [-0.25, -0.2) is 0 Å². The molecular formula is C22H26OS. The number of aryl methyl sites for hydroxylation is 4. The minimum Gasteiger partial charge on any atom is -0.298 e. The van der Waals surface area contributed by atoms with E-state index >= 15 is 0 Å². The van der Waals surface area contributed by atoms with E-state index in [-0.39, 0.29) is 10.7 Å². The Hall–Kier alpha value is -1.54. The lowest BCUT2D eigenvalue weighted by atomic mass is 9.66. The number of benzene rings is 2. The number of ketones is 1. The zero-order valence-corrected chi connectivity index (χ0v) is 15.9. The van der Waals surface area contributed by atoms with Crippen molar-refractivity contribution in [1.82, 2.24) is 0 Å². The van der Waals surface area contributed by atoms with E-state index in [4.69, 9.17) is 0 Å². The van der Waals surface area contributed by atoms with Gasteiger partial charge in [0.1, 0.15) is 5.78 Å². The second kappa shape index (κ2) is 6.76. The Bertz CT molecular complexity index is 727. The third-order valence-corrected chi connectivity index (χ3v) is 7.12. The molecule has 1 fully saturated rings. The van der Waals surface area contributed by atoms with Crippen LogP contribution in [0.4, 0.5) is 0 Å². The maximum Gasteiger partial charge on any atom is 0.147 e. The molecule has 1 aliphatic carbocycles. The van der Waals surface area contributed by atoms with Crippen molar-refractivity contribution >= 4 is 17.5 Å². The van der Waals surface area contributed by atoms with Gasteiger partial charge in [-0.1, -0.05) is 55.0 Å². The summed E-state index contributed by atoms with van der Waals surface area (Å²) in [5.74, 6) is 0.412. The fourth-order valence-corrected chi connectivity index (χ4v) is 5.24. The summed E-state index contributed by atoms with van der Waals surface area (Å²) in [6.07, 6.45) is 2.85. The van der Waals surface area contributed by atoms with Crippen molar-refractivity contribution in [2.75, 3.05) is 0 Å². The number of carbonyl (C=O) groups excluding carboxylic acids is 1. The van der Waals surface area contributed by atoms with E-state index in [2.05, 4.69) is 70.2 Å². The Kier molecular flexibility index (Phi) is 4.87. The quantitative estimate of drug-likeness (QED) is 0.697. The number of hydrogen-bond donors (Lipinski definition) is 0. The molecule has 2 atom stereocenters. The van der Waals surface area contributed by atoms with Crippen LogP contribution in [0.5, 0.6) is 0 Å². The first-order valence-corrected chi connectivity index (χ1v) is 9.58. The maximum atomic E-state index is 12.3. The molecule has 2 heteroatoms. The highest BCUT2D eigenvalue weighted by Gasteiger charge is 2.50. The van der Waals surface area contributed by atoms with E-state index in [0.717, 1.165) is 19.3 Å². The first-order chi connectivity index (χ1) is 11.4. The molecule has 3 rings (SSSR count). The first kappa shape index (κ1) is 17.3. The molecule has 2 aromatic rings. The summed E-state index contributed by atoms with van der Waals surface area (Å²) in [7, 11) is 0. The van der Waals surface area contributed by atoms with E-state index in [9.17, 15) is 4.79 Å². The molecule has 0 unspecified atom stereocenters. The standard InChI is InChI=1S/C22H26OS/c1-15-12-16(2)20(17(3)13-15)24-21-19(23)14-22(21,4)11-10-18-8-6-5-7-9-18/h5-9,12-13,21H,10-11,14H2,1-4H3/t21-,22+/m0/s1. The monoisotopic (exact) mass is 338 g/mol. The molecule has 0 bridgehead atoms. The van der Waals surface area contributed by atoms with Crippen molar-refractivity contribution in [2.24, 2.45) is 5.41 Å². The SMILES string of the molecule is Cc1cc(C)c(S[C@H]2C(=O)C[C@@]2(C)CCc2ccccc2)c(C)c1. The second-order valence-electron chi connectivity index (χ2n) is 7.51. The molecule has 0 N–H and O–H groups in total. The predicted octanol–water partition coefficient (Wildman–Crippen LogP) is 5.68. The fraction of sp³-hybridized carbons (Fsp3) is 0.409. The van der Waals surface area contributed by atoms with Crippen LogP contribution in [-0.2, 0) is 11.2 Å². The van der Waals surface area contributed by atoms with E-state index in [1.807, 2.05) is 0 Å². The van der Waals surface area contributed by atoms with Gasteiger partial charge in [0, 0.05) is 11.3 Å². The summed E-state index contributed by atoms with van der Waals surface area (Å²) in [4.78, 5) is 13.6. The van der Waals surface area contributed by atoms with E-state index in [1.165, 1.54) is 27.1 Å². The summed E-state index contributed by atoms with van der Waals surface area (Å²) < 4.78 is 0. The van der Waals surface area contributed by atoms with Crippen molar-refractivity contribution in [3.8, 4) is 0 Å². The van der Waals surface area contributed by atoms with Gasteiger partial charge < -0.3 is 0 Å². The van der Waals surface area contributed by atoms with Crippen LogP contribution in [0.25, 0.3) is 0 Å². The summed E-state index contributed by atoms with van der Waals surface area (Å²) in [5, 5.41) is 0.0984. The Labute approximate surface area is 149 Å². The van der Waals surface area contributed by atoms with Crippen LogP contribution in [0.15, 0.2) is 47.4 Å². The van der Waals surface area contributed by atoms with Gasteiger partial charge in [0.25, 0.3) is 0 Å². The molecule has 0 aromatic heterocycles. The molecule has 0 aliphatic heterocycles. The summed E-state index contributed by atoms with van der Waals surface area (Å²) in [5.41, 5.74) is 5.36. The highest BCUT2D eigenvalue weighted by Crippen LogP contribution is 2.51. The minimum atomic E-state index is 0.0984. The molecule has 0 radical (unpaired) electrons. The van der Waals surface area contributed by atoms with Gasteiger partial charge in [0.05, 0.1) is 5.25 Å². The molecule has 126 valence electrons. The molecule has 1 saturated carbocycles. The lowest BCUT2D eigenvalue weighted by Crippen LogP contribution is -2.49. The van der Waals surface area contributed by atoms with E-state index in [1.54, 1.807) is 11.8 Å². The molecule has 0 spiro atoms. The maximum absolute atomic E-state index is 12.3. The molecule has 0 saturated heterocycles. The molecule has 0 heterocycles. The largest absolute Gasteiger partial charge is 0.298 e. The molecule has 2 aromatic carbocycles. The van der Waals surface area contributed by atoms with Crippen molar-refractivity contribution < 1.29 is 4.79 Å². The fourth-order valence-electron chi connectivity index (χ4n) is 3.81. The van der Waals surface area contributed by atoms with Crippen molar-refractivity contribution in [1.29, 1.82) is 0 Å². The van der Waals surface area contributed by atoms with Crippen LogP contribution in [0.1, 0.15) is 42.0 Å². The van der Waals surface area contributed by atoms with Crippen LogP contribution in [0.3, 0.4) is 0 Å². The van der Waals surface area contributed by atoms with E-state index in [0.29, 0.717) is 5.78 Å². The number of carbonyl (C=O) groups is 1. The third kappa shape index (κ3) is 3.44. The van der Waals surface area contributed by atoms with Gasteiger partial charge in [0.15, 0.2) is 0 Å². The van der Waals surface area contributed by atoms with Gasteiger partial charge in [-0.15, -0.1) is 11.8 Å². The van der Waals surface area contributed by atoms with Crippen LogP contribution in [-0.4, -0.2) is 11.0 Å². The van der Waals surface area contributed by atoms with Crippen LogP contribution in [0, 0.1) is 26.2 Å². The minimum absolute atomic E-state index is 0.0984. The predicted molar refractivity (Wildman–Crippen MR) is 103 cm³/mol. The number of Topliss-reactive ketones (excluding diaryl/α,β-unsaturated/α-hetero) is 1. The average Bonchev–Trinajstić information content (AvgIpc) is 2.52. The Balaban J connectivity index is 1.74. The zero-order chi connectivity index (χ0) is 17.3. The summed E-state index contributed by atoms with van der Waals surface area (Å²) in [6, 6.07) is 15.0. The Morgan fingerprint density at radius 2 is 1.71 bits per heavy atom.